The third-order valence-corrected chi connectivity index (χ3v) is 3.04. The lowest BCUT2D eigenvalue weighted by atomic mass is 10.0. The van der Waals surface area contributed by atoms with Crippen molar-refractivity contribution in [1.82, 2.24) is 14.8 Å². The highest BCUT2D eigenvalue weighted by Crippen LogP contribution is 2.36. The Kier molecular flexibility index (Phi) is 3.21. The largest absolute Gasteiger partial charge is 0.417 e. The van der Waals surface area contributed by atoms with Gasteiger partial charge in [-0.15, -0.1) is 0 Å². The number of alkyl halides is 3. The van der Waals surface area contributed by atoms with Crippen molar-refractivity contribution in [3.05, 3.63) is 66.7 Å². The van der Waals surface area contributed by atoms with Gasteiger partial charge < -0.3 is 0 Å². The predicted molar refractivity (Wildman–Crippen MR) is 71.8 cm³/mol. The van der Waals surface area contributed by atoms with Crippen molar-refractivity contribution < 1.29 is 13.2 Å². The minimum Gasteiger partial charge on any atom is -0.262 e. The molecule has 0 amide bonds. The average Bonchev–Trinajstić information content (AvgIpc) is 2.97. The average molecular weight is 289 g/mol. The van der Waals surface area contributed by atoms with Crippen molar-refractivity contribution in [3.8, 4) is 16.8 Å². The van der Waals surface area contributed by atoms with Gasteiger partial charge in [-0.2, -0.15) is 18.3 Å². The summed E-state index contributed by atoms with van der Waals surface area (Å²) < 4.78 is 40.6. The molecule has 0 aliphatic rings. The first kappa shape index (κ1) is 13.4. The number of benzene rings is 1. The van der Waals surface area contributed by atoms with E-state index in [1.54, 1.807) is 36.8 Å². The van der Waals surface area contributed by atoms with Crippen LogP contribution in [0.25, 0.3) is 16.8 Å². The molecule has 3 rings (SSSR count). The van der Waals surface area contributed by atoms with Gasteiger partial charge in [-0.05, 0) is 23.8 Å². The van der Waals surface area contributed by atoms with E-state index in [2.05, 4.69) is 10.1 Å². The zero-order valence-corrected chi connectivity index (χ0v) is 10.7. The lowest BCUT2D eigenvalue weighted by Gasteiger charge is -2.11. The van der Waals surface area contributed by atoms with Crippen LogP contribution in [-0.4, -0.2) is 14.8 Å². The minimum atomic E-state index is -4.40. The Bertz CT molecular complexity index is 748. The molecule has 0 aliphatic heterocycles. The lowest BCUT2D eigenvalue weighted by Crippen LogP contribution is -2.06. The molecule has 21 heavy (non-hydrogen) atoms. The van der Waals surface area contributed by atoms with Crippen LogP contribution >= 0.6 is 0 Å². The number of hydrogen-bond acceptors (Lipinski definition) is 2. The minimum absolute atomic E-state index is 0.111. The number of pyridine rings is 1. The fourth-order valence-electron chi connectivity index (χ4n) is 2.07. The maximum Gasteiger partial charge on any atom is 0.417 e. The number of halogens is 3. The maximum atomic E-state index is 13.0. The molecule has 0 radical (unpaired) electrons. The van der Waals surface area contributed by atoms with Gasteiger partial charge in [-0.25, -0.2) is 4.68 Å². The summed E-state index contributed by atoms with van der Waals surface area (Å²) in [6.45, 7) is 0. The first-order valence-electron chi connectivity index (χ1n) is 6.17. The highest BCUT2D eigenvalue weighted by Gasteiger charge is 2.33. The summed E-state index contributed by atoms with van der Waals surface area (Å²) in [6, 6.07) is 8.97. The van der Waals surface area contributed by atoms with Crippen LogP contribution in [0.5, 0.6) is 0 Å². The smallest absolute Gasteiger partial charge is 0.262 e. The maximum absolute atomic E-state index is 13.0. The van der Waals surface area contributed by atoms with Crippen molar-refractivity contribution in [1.29, 1.82) is 0 Å². The summed E-state index contributed by atoms with van der Waals surface area (Å²) in [5, 5.41) is 4.10. The van der Waals surface area contributed by atoms with Gasteiger partial charge in [-0.3, -0.25) is 4.98 Å². The fourth-order valence-corrected chi connectivity index (χ4v) is 2.07. The van der Waals surface area contributed by atoms with E-state index in [0.717, 1.165) is 6.07 Å². The standard InChI is InChI=1S/C15H10F3N3/c16-15(17,18)14-6-2-1-5-13(14)11-8-20-21(10-11)12-4-3-7-19-9-12/h1-10H. The van der Waals surface area contributed by atoms with Gasteiger partial charge in [-0.1, -0.05) is 18.2 Å². The molecule has 0 saturated heterocycles. The SMILES string of the molecule is FC(F)(F)c1ccccc1-c1cnn(-c2cccnc2)c1. The van der Waals surface area contributed by atoms with Crippen LogP contribution in [0.4, 0.5) is 13.2 Å². The second kappa shape index (κ2) is 5.05. The van der Waals surface area contributed by atoms with Gasteiger partial charge in [0.15, 0.2) is 0 Å². The zero-order chi connectivity index (χ0) is 14.9. The van der Waals surface area contributed by atoms with Gasteiger partial charge in [0.1, 0.15) is 0 Å². The summed E-state index contributed by atoms with van der Waals surface area (Å²) in [5.41, 5.74) is 0.538. The van der Waals surface area contributed by atoms with Crippen LogP contribution < -0.4 is 0 Å². The third kappa shape index (κ3) is 2.65. The number of aromatic nitrogens is 3. The van der Waals surface area contributed by atoms with Crippen molar-refractivity contribution in [2.75, 3.05) is 0 Å². The Morgan fingerprint density at radius 1 is 0.952 bits per heavy atom. The molecule has 2 heterocycles. The second-order valence-electron chi connectivity index (χ2n) is 4.43. The predicted octanol–water partition coefficient (Wildman–Crippen LogP) is 3.95. The molecule has 0 N–H and O–H groups in total. The Morgan fingerprint density at radius 2 is 1.76 bits per heavy atom. The molecule has 0 atom stereocenters. The van der Waals surface area contributed by atoms with E-state index in [-0.39, 0.29) is 5.56 Å². The molecule has 2 aromatic heterocycles. The molecule has 0 aliphatic carbocycles. The molecule has 3 nitrogen and oxygen atoms in total. The van der Waals surface area contributed by atoms with Crippen LogP contribution in [0.15, 0.2) is 61.2 Å². The van der Waals surface area contributed by atoms with Crippen LogP contribution in [0.1, 0.15) is 5.56 Å². The molecule has 106 valence electrons. The first-order chi connectivity index (χ1) is 10.1. The Morgan fingerprint density at radius 3 is 2.48 bits per heavy atom. The van der Waals surface area contributed by atoms with E-state index in [9.17, 15) is 13.2 Å². The van der Waals surface area contributed by atoms with Crippen LogP contribution in [0.3, 0.4) is 0 Å². The molecular weight excluding hydrogens is 279 g/mol. The molecule has 0 bridgehead atoms. The first-order valence-corrected chi connectivity index (χ1v) is 6.17. The summed E-state index contributed by atoms with van der Waals surface area (Å²) in [7, 11) is 0. The summed E-state index contributed by atoms with van der Waals surface area (Å²) in [5.74, 6) is 0. The normalized spacial score (nSPS) is 11.6. The molecule has 0 fully saturated rings. The lowest BCUT2D eigenvalue weighted by molar-refractivity contribution is -0.137. The monoisotopic (exact) mass is 289 g/mol. The highest BCUT2D eigenvalue weighted by atomic mass is 19.4. The van der Waals surface area contributed by atoms with Gasteiger partial charge in [0.05, 0.1) is 23.6 Å². The summed E-state index contributed by atoms with van der Waals surface area (Å²) in [6.07, 6.45) is 1.78. The van der Waals surface area contributed by atoms with E-state index >= 15 is 0 Å². The van der Waals surface area contributed by atoms with E-state index < -0.39 is 11.7 Å². The number of rotatable bonds is 2. The molecule has 0 spiro atoms. The fraction of sp³-hybridized carbons (Fsp3) is 0.0667. The van der Waals surface area contributed by atoms with Crippen molar-refractivity contribution in [2.24, 2.45) is 0 Å². The Balaban J connectivity index is 2.06. The van der Waals surface area contributed by atoms with Crippen molar-refractivity contribution in [3.63, 3.8) is 0 Å². The Hall–Kier alpha value is -2.63. The molecule has 1 aromatic carbocycles. The second-order valence-corrected chi connectivity index (χ2v) is 4.43. The van der Waals surface area contributed by atoms with E-state index in [0.29, 0.717) is 11.3 Å². The molecule has 0 saturated carbocycles. The van der Waals surface area contributed by atoms with Gasteiger partial charge in [0, 0.05) is 18.0 Å². The highest BCUT2D eigenvalue weighted by molar-refractivity contribution is 5.67. The van der Waals surface area contributed by atoms with E-state index in [1.165, 1.54) is 23.0 Å². The van der Waals surface area contributed by atoms with Gasteiger partial charge >= 0.3 is 6.18 Å². The van der Waals surface area contributed by atoms with Gasteiger partial charge in [0.25, 0.3) is 0 Å². The van der Waals surface area contributed by atoms with E-state index in [1.807, 2.05) is 0 Å². The third-order valence-electron chi connectivity index (χ3n) is 3.04. The van der Waals surface area contributed by atoms with Gasteiger partial charge in [0.2, 0.25) is 0 Å². The van der Waals surface area contributed by atoms with Crippen molar-refractivity contribution in [2.45, 2.75) is 6.18 Å². The topological polar surface area (TPSA) is 30.7 Å². The van der Waals surface area contributed by atoms with Crippen LogP contribution in [-0.2, 0) is 6.18 Å². The Labute approximate surface area is 118 Å². The molecular formula is C15H10F3N3. The number of hydrogen-bond donors (Lipinski definition) is 0. The zero-order valence-electron chi connectivity index (χ0n) is 10.7. The summed E-state index contributed by atoms with van der Waals surface area (Å²) in [4.78, 5) is 3.96. The van der Waals surface area contributed by atoms with E-state index in [4.69, 9.17) is 0 Å². The van der Waals surface area contributed by atoms with Crippen LogP contribution in [0, 0.1) is 0 Å². The quantitative estimate of drug-likeness (QED) is 0.715. The number of nitrogens with zero attached hydrogens (tertiary/aromatic N) is 3. The molecule has 3 aromatic rings. The molecule has 6 heteroatoms. The summed E-state index contributed by atoms with van der Waals surface area (Å²) >= 11 is 0. The molecule has 0 unspecified atom stereocenters. The van der Waals surface area contributed by atoms with Crippen molar-refractivity contribution >= 4 is 0 Å². The van der Waals surface area contributed by atoms with Crippen LogP contribution in [0.2, 0.25) is 0 Å².